The van der Waals surface area contributed by atoms with E-state index in [9.17, 15) is 9.59 Å². The van der Waals surface area contributed by atoms with Crippen molar-refractivity contribution in [2.75, 3.05) is 47.1 Å². The normalized spacial score (nSPS) is 10.8. The van der Waals surface area contributed by atoms with Crippen LogP contribution in [0.5, 0.6) is 0 Å². The van der Waals surface area contributed by atoms with Gasteiger partial charge in [0.25, 0.3) is 5.91 Å². The van der Waals surface area contributed by atoms with E-state index in [2.05, 4.69) is 0 Å². The maximum Gasteiger partial charge on any atom is 0.254 e. The molecule has 8 heteroatoms. The highest BCUT2D eigenvalue weighted by Gasteiger charge is 2.23. The molecule has 1 aromatic heterocycles. The Morgan fingerprint density at radius 3 is 2.17 bits per heavy atom. The summed E-state index contributed by atoms with van der Waals surface area (Å²) in [5, 5.41) is 0.550. The second kappa shape index (κ2) is 11.6. The number of ether oxygens (including phenoxy) is 2. The lowest BCUT2D eigenvalue weighted by Crippen LogP contribution is -2.45. The van der Waals surface area contributed by atoms with Crippen molar-refractivity contribution in [3.63, 3.8) is 0 Å². The summed E-state index contributed by atoms with van der Waals surface area (Å²) in [6.45, 7) is 1.90. The third-order valence-electron chi connectivity index (χ3n) is 4.59. The van der Waals surface area contributed by atoms with Crippen molar-refractivity contribution < 1.29 is 19.1 Å². The Balaban J connectivity index is 2.14. The lowest BCUT2D eigenvalue weighted by Gasteiger charge is -2.28. The van der Waals surface area contributed by atoms with Crippen LogP contribution in [0.2, 0.25) is 5.02 Å². The van der Waals surface area contributed by atoms with E-state index in [-0.39, 0.29) is 18.4 Å². The summed E-state index contributed by atoms with van der Waals surface area (Å²) in [7, 11) is 5.09. The first-order chi connectivity index (χ1) is 14.0. The summed E-state index contributed by atoms with van der Waals surface area (Å²) in [5.41, 5.74) is 1.48. The number of carbonyl (C=O) groups is 2. The smallest absolute Gasteiger partial charge is 0.254 e. The highest BCUT2D eigenvalue weighted by molar-refractivity contribution is 6.30. The van der Waals surface area contributed by atoms with Gasteiger partial charge >= 0.3 is 0 Å². The summed E-state index contributed by atoms with van der Waals surface area (Å²) >= 11 is 5.91. The van der Waals surface area contributed by atoms with Crippen LogP contribution in [0.3, 0.4) is 0 Å². The van der Waals surface area contributed by atoms with Crippen molar-refractivity contribution >= 4 is 23.4 Å². The van der Waals surface area contributed by atoms with Gasteiger partial charge in [0.1, 0.15) is 6.54 Å². The average molecular weight is 422 g/mol. The number of methoxy groups -OCH3 is 2. The zero-order valence-electron chi connectivity index (χ0n) is 17.1. The second-order valence-corrected chi connectivity index (χ2v) is 7.08. The van der Waals surface area contributed by atoms with Crippen molar-refractivity contribution in [2.24, 2.45) is 7.05 Å². The molecule has 0 saturated heterocycles. The Morgan fingerprint density at radius 1 is 1.00 bits per heavy atom. The molecule has 0 unspecified atom stereocenters. The van der Waals surface area contributed by atoms with Gasteiger partial charge in [-0.2, -0.15) is 0 Å². The molecule has 0 aliphatic carbocycles. The van der Waals surface area contributed by atoms with E-state index in [0.717, 1.165) is 5.69 Å². The molecule has 2 rings (SSSR count). The zero-order chi connectivity index (χ0) is 21.2. The van der Waals surface area contributed by atoms with Crippen molar-refractivity contribution in [3.05, 3.63) is 58.9 Å². The Kier molecular flexibility index (Phi) is 9.18. The van der Waals surface area contributed by atoms with Crippen LogP contribution >= 0.6 is 11.6 Å². The molecular formula is C21H28ClN3O4. The molecule has 0 N–H and O–H groups in total. The quantitative estimate of drug-likeness (QED) is 0.559. The molecule has 29 heavy (non-hydrogen) atoms. The highest BCUT2D eigenvalue weighted by atomic mass is 35.5. The van der Waals surface area contributed by atoms with Gasteiger partial charge < -0.3 is 23.8 Å². The number of aryl methyl sites for hydroxylation is 1. The first-order valence-corrected chi connectivity index (χ1v) is 9.74. The summed E-state index contributed by atoms with van der Waals surface area (Å²) in [4.78, 5) is 29.2. The topological polar surface area (TPSA) is 64.0 Å². The first-order valence-electron chi connectivity index (χ1n) is 9.37. The number of aromatic nitrogens is 1. The van der Waals surface area contributed by atoms with Crippen LogP contribution in [0.1, 0.15) is 16.1 Å². The molecule has 7 nitrogen and oxygen atoms in total. The maximum atomic E-state index is 13.1. The fourth-order valence-corrected chi connectivity index (χ4v) is 2.97. The fourth-order valence-electron chi connectivity index (χ4n) is 2.84. The van der Waals surface area contributed by atoms with Crippen molar-refractivity contribution in [1.82, 2.24) is 14.4 Å². The number of carbonyl (C=O) groups excluding carboxylic acids is 2. The fraction of sp³-hybridized carbons (Fsp3) is 0.429. The number of hydrogen-bond acceptors (Lipinski definition) is 4. The van der Waals surface area contributed by atoms with Gasteiger partial charge in [0, 0.05) is 56.8 Å². The van der Waals surface area contributed by atoms with Gasteiger partial charge in [-0.3, -0.25) is 9.59 Å². The lowest BCUT2D eigenvalue weighted by atomic mass is 10.2. The van der Waals surface area contributed by atoms with E-state index >= 15 is 0 Å². The number of amides is 2. The number of hydrogen-bond donors (Lipinski definition) is 0. The summed E-state index contributed by atoms with van der Waals surface area (Å²) < 4.78 is 12.2. The molecule has 0 aliphatic heterocycles. The van der Waals surface area contributed by atoms with E-state index in [4.69, 9.17) is 21.1 Å². The van der Waals surface area contributed by atoms with Crippen LogP contribution in [0.4, 0.5) is 0 Å². The number of benzene rings is 1. The van der Waals surface area contributed by atoms with Crippen molar-refractivity contribution in [1.29, 1.82) is 0 Å². The van der Waals surface area contributed by atoms with Crippen LogP contribution in [0.25, 0.3) is 0 Å². The molecule has 1 heterocycles. The SMILES string of the molecule is COCCN(Cc1cccn1C)C(=O)CN(CCOC)C(=O)c1ccc(Cl)cc1. The minimum atomic E-state index is -0.238. The minimum Gasteiger partial charge on any atom is -0.383 e. The van der Waals surface area contributed by atoms with Gasteiger partial charge in [0.05, 0.1) is 19.8 Å². The van der Waals surface area contributed by atoms with Gasteiger partial charge in [-0.15, -0.1) is 0 Å². The van der Waals surface area contributed by atoms with Crippen LogP contribution in [-0.2, 0) is 27.9 Å². The number of nitrogens with zero attached hydrogens (tertiary/aromatic N) is 3. The molecule has 0 atom stereocenters. The van der Waals surface area contributed by atoms with Gasteiger partial charge in [-0.05, 0) is 36.4 Å². The zero-order valence-corrected chi connectivity index (χ0v) is 17.9. The Labute approximate surface area is 176 Å². The molecule has 0 spiro atoms. The molecule has 1 aromatic carbocycles. The van der Waals surface area contributed by atoms with E-state index in [1.54, 1.807) is 43.4 Å². The standard InChI is InChI=1S/C21H28ClN3O4/c1-23-10-4-5-19(23)15-24(11-13-28-2)20(26)16-25(12-14-29-3)21(27)17-6-8-18(22)9-7-17/h4-10H,11-16H2,1-3H3. The summed E-state index contributed by atoms with van der Waals surface area (Å²) in [5.74, 6) is -0.390. The third-order valence-corrected chi connectivity index (χ3v) is 4.84. The lowest BCUT2D eigenvalue weighted by molar-refractivity contribution is -0.133. The summed E-state index contributed by atoms with van der Waals surface area (Å²) in [6, 6.07) is 10.5. The number of rotatable bonds is 11. The van der Waals surface area contributed by atoms with E-state index in [0.29, 0.717) is 43.4 Å². The predicted octanol–water partition coefficient (Wildman–Crippen LogP) is 2.44. The summed E-state index contributed by atoms with van der Waals surface area (Å²) in [6.07, 6.45) is 1.93. The van der Waals surface area contributed by atoms with Gasteiger partial charge in [-0.25, -0.2) is 0 Å². The Hall–Kier alpha value is -2.35. The molecular weight excluding hydrogens is 394 g/mol. The number of halogens is 1. The monoisotopic (exact) mass is 421 g/mol. The van der Waals surface area contributed by atoms with Crippen molar-refractivity contribution in [2.45, 2.75) is 6.54 Å². The van der Waals surface area contributed by atoms with Crippen LogP contribution in [0.15, 0.2) is 42.6 Å². The molecule has 2 aromatic rings. The molecule has 0 fully saturated rings. The van der Waals surface area contributed by atoms with Gasteiger partial charge in [-0.1, -0.05) is 11.6 Å². The first kappa shape index (κ1) is 22.9. The van der Waals surface area contributed by atoms with Crippen LogP contribution < -0.4 is 0 Å². The third kappa shape index (κ3) is 6.88. The van der Waals surface area contributed by atoms with Gasteiger partial charge in [0.2, 0.25) is 5.91 Å². The molecule has 0 saturated carbocycles. The highest BCUT2D eigenvalue weighted by Crippen LogP contribution is 2.13. The maximum absolute atomic E-state index is 13.1. The second-order valence-electron chi connectivity index (χ2n) is 6.64. The molecule has 0 aliphatic rings. The van der Waals surface area contributed by atoms with Crippen LogP contribution in [0, 0.1) is 0 Å². The molecule has 2 amide bonds. The molecule has 0 bridgehead atoms. The van der Waals surface area contributed by atoms with Crippen LogP contribution in [-0.4, -0.2) is 73.2 Å². The molecule has 0 radical (unpaired) electrons. The average Bonchev–Trinajstić information content (AvgIpc) is 3.12. The largest absolute Gasteiger partial charge is 0.383 e. The minimum absolute atomic E-state index is 0.0427. The van der Waals surface area contributed by atoms with Crippen molar-refractivity contribution in [3.8, 4) is 0 Å². The Morgan fingerprint density at radius 2 is 1.62 bits per heavy atom. The van der Waals surface area contributed by atoms with Gasteiger partial charge in [0.15, 0.2) is 0 Å². The van der Waals surface area contributed by atoms with E-state index in [1.165, 1.54) is 4.90 Å². The Bertz CT molecular complexity index is 791. The predicted molar refractivity (Wildman–Crippen MR) is 112 cm³/mol. The van der Waals surface area contributed by atoms with E-state index in [1.807, 2.05) is 29.9 Å². The van der Waals surface area contributed by atoms with E-state index < -0.39 is 0 Å². The molecule has 158 valence electrons.